The van der Waals surface area contributed by atoms with Gasteiger partial charge in [-0.2, -0.15) is 0 Å². The fourth-order valence-electron chi connectivity index (χ4n) is 2.24. The molecule has 1 aromatic rings. The molecule has 0 unspecified atom stereocenters. The van der Waals surface area contributed by atoms with Crippen molar-refractivity contribution in [3.8, 4) is 0 Å². The number of morpholine rings is 1. The van der Waals surface area contributed by atoms with Gasteiger partial charge in [-0.15, -0.1) is 0 Å². The highest BCUT2D eigenvalue weighted by atomic mass is 16.5. The van der Waals surface area contributed by atoms with Crippen molar-refractivity contribution < 1.29 is 4.74 Å². The maximum absolute atomic E-state index is 5.80. The molecule has 3 N–H and O–H groups in total. The number of hydrogen-bond acceptors (Lipinski definition) is 3. The molecule has 1 fully saturated rings. The molecule has 22 heavy (non-hydrogen) atoms. The quantitative estimate of drug-likeness (QED) is 0.475. The van der Waals surface area contributed by atoms with Gasteiger partial charge in [-0.3, -0.25) is 4.90 Å². The Morgan fingerprint density at radius 3 is 2.55 bits per heavy atom. The van der Waals surface area contributed by atoms with Crippen molar-refractivity contribution in [2.24, 2.45) is 10.7 Å². The van der Waals surface area contributed by atoms with E-state index in [1.807, 2.05) is 6.92 Å². The first-order chi connectivity index (χ1) is 10.6. The van der Waals surface area contributed by atoms with E-state index in [0.29, 0.717) is 19.0 Å². The summed E-state index contributed by atoms with van der Waals surface area (Å²) in [5, 5.41) is 3.03. The zero-order valence-corrected chi connectivity index (χ0v) is 13.3. The summed E-state index contributed by atoms with van der Waals surface area (Å²) >= 11 is 0. The molecule has 1 aliphatic rings. The summed E-state index contributed by atoms with van der Waals surface area (Å²) in [6, 6.07) is 8.56. The minimum absolute atomic E-state index is 0.459. The predicted octanol–water partition coefficient (Wildman–Crippen LogP) is 1.50. The van der Waals surface area contributed by atoms with Crippen LogP contribution in [0.1, 0.15) is 18.1 Å². The highest BCUT2D eigenvalue weighted by Crippen LogP contribution is 2.10. The van der Waals surface area contributed by atoms with Gasteiger partial charge in [0.2, 0.25) is 0 Å². The highest BCUT2D eigenvalue weighted by Gasteiger charge is 2.10. The Morgan fingerprint density at radius 2 is 1.91 bits per heavy atom. The largest absolute Gasteiger partial charge is 0.379 e. The molecule has 120 valence electrons. The van der Waals surface area contributed by atoms with Gasteiger partial charge in [-0.25, -0.2) is 4.99 Å². The molecule has 1 saturated heterocycles. The third kappa shape index (κ3) is 5.87. The SMILES string of the molecule is C=C(C)CNC(N)=NCc1ccc(CN2CCOCC2)cc1. The van der Waals surface area contributed by atoms with Crippen molar-refractivity contribution in [3.63, 3.8) is 0 Å². The van der Waals surface area contributed by atoms with E-state index in [2.05, 4.69) is 46.1 Å². The molecule has 0 amide bonds. The second-order valence-corrected chi connectivity index (χ2v) is 5.72. The standard InChI is InChI=1S/C17H26N4O/c1-14(2)11-19-17(18)20-12-15-3-5-16(6-4-15)13-21-7-9-22-10-8-21/h3-6H,1,7-13H2,2H3,(H3,18,19,20). The van der Waals surface area contributed by atoms with Crippen LogP contribution in [0.25, 0.3) is 0 Å². The third-order valence-electron chi connectivity index (χ3n) is 3.54. The maximum Gasteiger partial charge on any atom is 0.189 e. The van der Waals surface area contributed by atoms with Crippen LogP contribution in [0.4, 0.5) is 0 Å². The van der Waals surface area contributed by atoms with Crippen LogP contribution in [-0.4, -0.2) is 43.7 Å². The number of ether oxygens (including phenoxy) is 1. The Bertz CT molecular complexity index is 504. The van der Waals surface area contributed by atoms with E-state index < -0.39 is 0 Å². The van der Waals surface area contributed by atoms with Crippen LogP contribution < -0.4 is 11.1 Å². The third-order valence-corrected chi connectivity index (χ3v) is 3.54. The first kappa shape index (κ1) is 16.5. The van der Waals surface area contributed by atoms with Gasteiger partial charge in [-0.05, 0) is 18.1 Å². The second-order valence-electron chi connectivity index (χ2n) is 5.72. The molecule has 0 spiro atoms. The van der Waals surface area contributed by atoms with Gasteiger partial charge in [0, 0.05) is 26.2 Å². The molecule has 0 saturated carbocycles. The first-order valence-corrected chi connectivity index (χ1v) is 7.69. The summed E-state index contributed by atoms with van der Waals surface area (Å²) in [7, 11) is 0. The lowest BCUT2D eigenvalue weighted by atomic mass is 10.1. The number of aliphatic imine (C=N–C) groups is 1. The van der Waals surface area contributed by atoms with Crippen molar-refractivity contribution >= 4 is 5.96 Å². The molecule has 1 aliphatic heterocycles. The van der Waals surface area contributed by atoms with Gasteiger partial charge < -0.3 is 15.8 Å². The number of nitrogens with two attached hydrogens (primary N) is 1. The zero-order valence-electron chi connectivity index (χ0n) is 13.3. The van der Waals surface area contributed by atoms with Gasteiger partial charge >= 0.3 is 0 Å². The molecular weight excluding hydrogens is 276 g/mol. The van der Waals surface area contributed by atoms with Crippen molar-refractivity contribution in [2.75, 3.05) is 32.8 Å². The Kier molecular flexibility index (Phi) is 6.43. The molecular formula is C17H26N4O. The number of benzene rings is 1. The van der Waals surface area contributed by atoms with E-state index in [4.69, 9.17) is 10.5 Å². The first-order valence-electron chi connectivity index (χ1n) is 7.69. The maximum atomic E-state index is 5.80. The molecule has 1 heterocycles. The van der Waals surface area contributed by atoms with Crippen molar-refractivity contribution in [1.82, 2.24) is 10.2 Å². The van der Waals surface area contributed by atoms with E-state index >= 15 is 0 Å². The predicted molar refractivity (Wildman–Crippen MR) is 90.7 cm³/mol. The highest BCUT2D eigenvalue weighted by molar-refractivity contribution is 5.78. The number of nitrogens with one attached hydrogen (secondary N) is 1. The summed E-state index contributed by atoms with van der Waals surface area (Å²) in [4.78, 5) is 6.74. The lowest BCUT2D eigenvalue weighted by molar-refractivity contribution is 0.0342. The minimum atomic E-state index is 0.459. The monoisotopic (exact) mass is 302 g/mol. The van der Waals surface area contributed by atoms with Crippen molar-refractivity contribution in [2.45, 2.75) is 20.0 Å². The van der Waals surface area contributed by atoms with Crippen LogP contribution in [-0.2, 0) is 17.8 Å². The van der Waals surface area contributed by atoms with Crippen LogP contribution >= 0.6 is 0 Å². The average Bonchev–Trinajstić information content (AvgIpc) is 2.53. The van der Waals surface area contributed by atoms with Gasteiger partial charge in [0.15, 0.2) is 5.96 Å². The fourth-order valence-corrected chi connectivity index (χ4v) is 2.24. The van der Waals surface area contributed by atoms with Crippen molar-refractivity contribution in [3.05, 3.63) is 47.5 Å². The van der Waals surface area contributed by atoms with E-state index in [1.54, 1.807) is 0 Å². The van der Waals surface area contributed by atoms with Gasteiger partial charge in [-0.1, -0.05) is 36.4 Å². The summed E-state index contributed by atoms with van der Waals surface area (Å²) in [6.07, 6.45) is 0. The minimum Gasteiger partial charge on any atom is -0.379 e. The van der Waals surface area contributed by atoms with Gasteiger partial charge in [0.05, 0.1) is 19.8 Å². The molecule has 2 rings (SSSR count). The van der Waals surface area contributed by atoms with E-state index in [-0.39, 0.29) is 0 Å². The van der Waals surface area contributed by atoms with Crippen molar-refractivity contribution in [1.29, 1.82) is 0 Å². The van der Waals surface area contributed by atoms with Gasteiger partial charge in [0.1, 0.15) is 0 Å². The molecule has 0 bridgehead atoms. The molecule has 0 aliphatic carbocycles. The fraction of sp³-hybridized carbons (Fsp3) is 0.471. The van der Waals surface area contributed by atoms with Crippen LogP contribution in [0.5, 0.6) is 0 Å². The normalized spacial score (nSPS) is 16.5. The lowest BCUT2D eigenvalue weighted by Gasteiger charge is -2.26. The topological polar surface area (TPSA) is 62.9 Å². The Balaban J connectivity index is 1.80. The molecule has 5 nitrogen and oxygen atoms in total. The van der Waals surface area contributed by atoms with Crippen LogP contribution in [0.2, 0.25) is 0 Å². The zero-order chi connectivity index (χ0) is 15.8. The number of guanidine groups is 1. The Labute approximate surface area is 132 Å². The number of nitrogens with zero attached hydrogens (tertiary/aromatic N) is 2. The molecule has 0 atom stereocenters. The number of rotatable bonds is 6. The second kappa shape index (κ2) is 8.56. The Morgan fingerprint density at radius 1 is 1.27 bits per heavy atom. The van der Waals surface area contributed by atoms with E-state index in [9.17, 15) is 0 Å². The smallest absolute Gasteiger partial charge is 0.189 e. The molecule has 5 heteroatoms. The van der Waals surface area contributed by atoms with Crippen LogP contribution in [0.15, 0.2) is 41.4 Å². The average molecular weight is 302 g/mol. The lowest BCUT2D eigenvalue weighted by Crippen LogP contribution is -2.35. The summed E-state index contributed by atoms with van der Waals surface area (Å²) in [5.74, 6) is 0.459. The van der Waals surface area contributed by atoms with E-state index in [0.717, 1.165) is 44.0 Å². The summed E-state index contributed by atoms with van der Waals surface area (Å²) < 4.78 is 5.37. The molecule has 0 radical (unpaired) electrons. The number of hydrogen-bond donors (Lipinski definition) is 2. The van der Waals surface area contributed by atoms with Gasteiger partial charge in [0.25, 0.3) is 0 Å². The Hall–Kier alpha value is -1.85. The molecule has 1 aromatic carbocycles. The van der Waals surface area contributed by atoms with Crippen LogP contribution in [0, 0.1) is 0 Å². The summed E-state index contributed by atoms with van der Waals surface area (Å²) in [6.45, 7) is 11.7. The summed E-state index contributed by atoms with van der Waals surface area (Å²) in [5.41, 5.74) is 9.32. The van der Waals surface area contributed by atoms with E-state index in [1.165, 1.54) is 5.56 Å². The molecule has 0 aromatic heterocycles. The van der Waals surface area contributed by atoms with Crippen LogP contribution in [0.3, 0.4) is 0 Å².